The van der Waals surface area contributed by atoms with Gasteiger partial charge in [-0.2, -0.15) is 0 Å². The van der Waals surface area contributed by atoms with Crippen LogP contribution in [0.3, 0.4) is 0 Å². The molecule has 0 aliphatic rings. The van der Waals surface area contributed by atoms with Crippen LogP contribution in [0.15, 0.2) is 18.2 Å². The minimum absolute atomic E-state index is 0.123. The molecule has 1 rings (SSSR count). The highest BCUT2D eigenvalue weighted by Gasteiger charge is 2.12. The summed E-state index contributed by atoms with van der Waals surface area (Å²) >= 11 is 0. The van der Waals surface area contributed by atoms with Gasteiger partial charge in [0.25, 0.3) is 5.91 Å². The number of nitrogens with one attached hydrogen (secondary N) is 1. The third-order valence-electron chi connectivity index (χ3n) is 2.36. The number of carbonyl (C=O) groups is 1. The van der Waals surface area contributed by atoms with E-state index in [2.05, 4.69) is 5.32 Å². The smallest absolute Gasteiger partial charge is 0.251 e. The minimum atomic E-state index is -0.719. The Labute approximate surface area is 98.7 Å². The van der Waals surface area contributed by atoms with Gasteiger partial charge in [0.1, 0.15) is 0 Å². The van der Waals surface area contributed by atoms with Crippen LogP contribution in [0.2, 0.25) is 0 Å². The van der Waals surface area contributed by atoms with Gasteiger partial charge < -0.3 is 26.4 Å². The largest absolute Gasteiger partial charge is 0.504 e. The van der Waals surface area contributed by atoms with E-state index in [0.29, 0.717) is 0 Å². The number of amides is 1. The van der Waals surface area contributed by atoms with E-state index >= 15 is 0 Å². The fourth-order valence-corrected chi connectivity index (χ4v) is 1.15. The molecule has 0 saturated heterocycles. The molecule has 6 N–H and O–H groups in total. The lowest BCUT2D eigenvalue weighted by molar-refractivity contribution is 0.0937. The first-order valence-electron chi connectivity index (χ1n) is 5.15. The number of benzene rings is 1. The van der Waals surface area contributed by atoms with E-state index in [1.165, 1.54) is 19.1 Å². The van der Waals surface area contributed by atoms with Crippen molar-refractivity contribution in [2.75, 3.05) is 6.54 Å². The van der Waals surface area contributed by atoms with Crippen LogP contribution in [-0.4, -0.2) is 39.9 Å². The number of rotatable bonds is 4. The molecule has 0 bridgehead atoms. The number of hydrogen-bond donors (Lipinski definition) is 5. The molecule has 2 atom stereocenters. The lowest BCUT2D eigenvalue weighted by Gasteiger charge is -2.15. The maximum absolute atomic E-state index is 11.6. The highest BCUT2D eigenvalue weighted by atomic mass is 16.3. The average Bonchev–Trinajstić information content (AvgIpc) is 2.28. The molecule has 0 saturated carbocycles. The first kappa shape index (κ1) is 13.3. The van der Waals surface area contributed by atoms with Crippen molar-refractivity contribution in [1.29, 1.82) is 0 Å². The SMILES string of the molecule is CC(O)C(N)CNC(=O)c1ccc(O)c(O)c1. The summed E-state index contributed by atoms with van der Waals surface area (Å²) in [4.78, 5) is 11.6. The maximum Gasteiger partial charge on any atom is 0.251 e. The van der Waals surface area contributed by atoms with Crippen molar-refractivity contribution in [3.05, 3.63) is 23.8 Å². The fourth-order valence-electron chi connectivity index (χ4n) is 1.15. The van der Waals surface area contributed by atoms with Crippen molar-refractivity contribution < 1.29 is 20.1 Å². The molecule has 0 aliphatic heterocycles. The van der Waals surface area contributed by atoms with Crippen molar-refractivity contribution in [2.24, 2.45) is 5.73 Å². The van der Waals surface area contributed by atoms with Gasteiger partial charge in [0, 0.05) is 18.2 Å². The van der Waals surface area contributed by atoms with E-state index in [4.69, 9.17) is 15.9 Å². The number of aliphatic hydroxyl groups excluding tert-OH is 1. The molecule has 2 unspecified atom stereocenters. The summed E-state index contributed by atoms with van der Waals surface area (Å²) < 4.78 is 0. The molecule has 0 aromatic heterocycles. The van der Waals surface area contributed by atoms with Crippen LogP contribution in [0.1, 0.15) is 17.3 Å². The monoisotopic (exact) mass is 240 g/mol. The number of phenolic OH excluding ortho intramolecular Hbond substituents is 2. The second-order valence-corrected chi connectivity index (χ2v) is 3.82. The van der Waals surface area contributed by atoms with E-state index in [1.807, 2.05) is 0 Å². The number of carbonyl (C=O) groups excluding carboxylic acids is 1. The van der Waals surface area contributed by atoms with Gasteiger partial charge in [0.2, 0.25) is 0 Å². The van der Waals surface area contributed by atoms with Gasteiger partial charge in [-0.1, -0.05) is 0 Å². The summed E-state index contributed by atoms with van der Waals surface area (Å²) in [7, 11) is 0. The van der Waals surface area contributed by atoms with Gasteiger partial charge in [0.05, 0.1) is 6.10 Å². The van der Waals surface area contributed by atoms with Crippen LogP contribution >= 0.6 is 0 Å². The molecule has 6 nitrogen and oxygen atoms in total. The van der Waals surface area contributed by atoms with Gasteiger partial charge in [-0.25, -0.2) is 0 Å². The fraction of sp³-hybridized carbons (Fsp3) is 0.364. The van der Waals surface area contributed by atoms with Gasteiger partial charge in [-0.15, -0.1) is 0 Å². The zero-order chi connectivity index (χ0) is 13.0. The molecule has 1 amide bonds. The topological polar surface area (TPSA) is 116 Å². The minimum Gasteiger partial charge on any atom is -0.504 e. The summed E-state index contributed by atoms with van der Waals surface area (Å²) in [5.41, 5.74) is 5.75. The summed E-state index contributed by atoms with van der Waals surface area (Å²) in [5.74, 6) is -1.09. The van der Waals surface area contributed by atoms with Gasteiger partial charge in [0.15, 0.2) is 11.5 Å². The van der Waals surface area contributed by atoms with Crippen LogP contribution in [0.4, 0.5) is 0 Å². The molecule has 0 radical (unpaired) electrons. The molecule has 1 aromatic rings. The highest BCUT2D eigenvalue weighted by Crippen LogP contribution is 2.24. The molecule has 1 aromatic carbocycles. The van der Waals surface area contributed by atoms with Crippen LogP contribution in [0.5, 0.6) is 11.5 Å². The van der Waals surface area contributed by atoms with E-state index in [-0.39, 0.29) is 23.6 Å². The second kappa shape index (κ2) is 5.51. The average molecular weight is 240 g/mol. The summed E-state index contributed by atoms with van der Waals surface area (Å²) in [5, 5.41) is 29.9. The van der Waals surface area contributed by atoms with Crippen LogP contribution in [0, 0.1) is 0 Å². The molecule has 0 heterocycles. The number of aromatic hydroxyl groups is 2. The number of nitrogens with two attached hydrogens (primary N) is 1. The third-order valence-corrected chi connectivity index (χ3v) is 2.36. The number of phenols is 2. The zero-order valence-corrected chi connectivity index (χ0v) is 9.42. The predicted octanol–water partition coefficient (Wildman–Crippen LogP) is -0.464. The Morgan fingerprint density at radius 3 is 2.59 bits per heavy atom. The predicted molar refractivity (Wildman–Crippen MR) is 61.8 cm³/mol. The number of hydrogen-bond acceptors (Lipinski definition) is 5. The Hall–Kier alpha value is -1.79. The molecule has 0 aliphatic carbocycles. The third kappa shape index (κ3) is 3.61. The standard InChI is InChI=1S/C11H16N2O4/c1-6(14)8(12)5-13-11(17)7-2-3-9(15)10(16)4-7/h2-4,6,8,14-16H,5,12H2,1H3,(H,13,17). The van der Waals surface area contributed by atoms with Gasteiger partial charge in [-0.05, 0) is 25.1 Å². The molecule has 94 valence electrons. The van der Waals surface area contributed by atoms with Crippen molar-refractivity contribution in [1.82, 2.24) is 5.32 Å². The van der Waals surface area contributed by atoms with Crippen LogP contribution in [0.25, 0.3) is 0 Å². The lowest BCUT2D eigenvalue weighted by Crippen LogP contribution is -2.43. The van der Waals surface area contributed by atoms with E-state index < -0.39 is 18.1 Å². The number of aliphatic hydroxyl groups is 1. The van der Waals surface area contributed by atoms with E-state index in [0.717, 1.165) is 6.07 Å². The normalized spacial score (nSPS) is 14.1. The lowest BCUT2D eigenvalue weighted by atomic mass is 10.1. The van der Waals surface area contributed by atoms with Gasteiger partial charge in [-0.3, -0.25) is 4.79 Å². The van der Waals surface area contributed by atoms with Crippen LogP contribution < -0.4 is 11.1 Å². The molecule has 0 spiro atoms. The second-order valence-electron chi connectivity index (χ2n) is 3.82. The Kier molecular flexibility index (Phi) is 4.30. The Bertz CT molecular complexity index is 406. The first-order chi connectivity index (χ1) is 7.91. The Morgan fingerprint density at radius 1 is 1.41 bits per heavy atom. The van der Waals surface area contributed by atoms with Crippen molar-refractivity contribution in [3.63, 3.8) is 0 Å². The Morgan fingerprint density at radius 2 is 2.06 bits per heavy atom. The van der Waals surface area contributed by atoms with Crippen molar-refractivity contribution in [2.45, 2.75) is 19.1 Å². The molecule has 0 fully saturated rings. The molecule has 17 heavy (non-hydrogen) atoms. The summed E-state index contributed by atoms with van der Waals surface area (Å²) in [6, 6.07) is 3.19. The molecular weight excluding hydrogens is 224 g/mol. The summed E-state index contributed by atoms with van der Waals surface area (Å²) in [6.07, 6.45) is -0.719. The summed E-state index contributed by atoms with van der Waals surface area (Å²) in [6.45, 7) is 1.65. The van der Waals surface area contributed by atoms with Crippen molar-refractivity contribution >= 4 is 5.91 Å². The molecule has 6 heteroatoms. The van der Waals surface area contributed by atoms with Crippen molar-refractivity contribution in [3.8, 4) is 11.5 Å². The van der Waals surface area contributed by atoms with E-state index in [9.17, 15) is 9.90 Å². The molecular formula is C11H16N2O4. The maximum atomic E-state index is 11.6. The zero-order valence-electron chi connectivity index (χ0n) is 9.42. The quantitative estimate of drug-likeness (QED) is 0.456. The van der Waals surface area contributed by atoms with Crippen LogP contribution in [-0.2, 0) is 0 Å². The van der Waals surface area contributed by atoms with Gasteiger partial charge >= 0.3 is 0 Å². The Balaban J connectivity index is 2.61. The first-order valence-corrected chi connectivity index (χ1v) is 5.15. The van der Waals surface area contributed by atoms with E-state index in [1.54, 1.807) is 0 Å². The highest BCUT2D eigenvalue weighted by molar-refractivity contribution is 5.94.